The van der Waals surface area contributed by atoms with Gasteiger partial charge in [-0.1, -0.05) is 11.6 Å². The van der Waals surface area contributed by atoms with Crippen LogP contribution in [0.1, 0.15) is 22.3 Å². The van der Waals surface area contributed by atoms with Gasteiger partial charge in [0.25, 0.3) is 0 Å². The van der Waals surface area contributed by atoms with E-state index in [4.69, 9.17) is 21.6 Å². The molecule has 0 spiro atoms. The van der Waals surface area contributed by atoms with Gasteiger partial charge in [0, 0.05) is 17.3 Å². The van der Waals surface area contributed by atoms with E-state index in [1.165, 1.54) is 0 Å². The zero-order valence-corrected chi connectivity index (χ0v) is 11.2. The third-order valence-corrected chi connectivity index (χ3v) is 3.89. The van der Waals surface area contributed by atoms with Crippen LogP contribution in [0.2, 0.25) is 5.02 Å². The summed E-state index contributed by atoms with van der Waals surface area (Å²) in [5.41, 5.74) is 5.58. The molecule has 0 radical (unpaired) electrons. The van der Waals surface area contributed by atoms with Crippen molar-refractivity contribution >= 4 is 11.6 Å². The molecule has 1 aromatic heterocycles. The van der Waals surface area contributed by atoms with Crippen molar-refractivity contribution in [1.29, 1.82) is 5.26 Å². The van der Waals surface area contributed by atoms with E-state index in [9.17, 15) is 0 Å². The van der Waals surface area contributed by atoms with Crippen molar-refractivity contribution in [3.05, 3.63) is 51.7 Å². The van der Waals surface area contributed by atoms with Gasteiger partial charge in [0.05, 0.1) is 29.5 Å². The molecular weight excluding hydrogens is 260 g/mol. The predicted molar refractivity (Wildman–Crippen MR) is 72.6 cm³/mol. The standard InChI is InChI=1S/C15H11ClN2O/c1-9-12(14-3-2-10(5-17)6-18-14)4-11-7-19-8-13(11)15(9)16/h2-4,6H,7-8H2,1H3. The molecule has 2 heterocycles. The van der Waals surface area contributed by atoms with E-state index in [1.807, 2.05) is 13.0 Å². The minimum Gasteiger partial charge on any atom is -0.372 e. The SMILES string of the molecule is Cc1c(-c2ccc(C#N)cn2)cc2c(c1Cl)COC2. The van der Waals surface area contributed by atoms with E-state index >= 15 is 0 Å². The van der Waals surface area contributed by atoms with Crippen molar-refractivity contribution in [3.63, 3.8) is 0 Å². The summed E-state index contributed by atoms with van der Waals surface area (Å²) in [4.78, 5) is 4.33. The van der Waals surface area contributed by atoms with Crippen molar-refractivity contribution in [3.8, 4) is 17.3 Å². The van der Waals surface area contributed by atoms with Crippen LogP contribution in [0, 0.1) is 18.3 Å². The minimum absolute atomic E-state index is 0.553. The molecule has 0 bridgehead atoms. The van der Waals surface area contributed by atoms with Gasteiger partial charge in [-0.15, -0.1) is 0 Å². The normalized spacial score (nSPS) is 13.1. The minimum atomic E-state index is 0.553. The van der Waals surface area contributed by atoms with E-state index in [0.717, 1.165) is 33.0 Å². The quantitative estimate of drug-likeness (QED) is 0.795. The van der Waals surface area contributed by atoms with Crippen LogP contribution >= 0.6 is 11.6 Å². The lowest BCUT2D eigenvalue weighted by molar-refractivity contribution is 0.134. The smallest absolute Gasteiger partial charge is 0.101 e. The topological polar surface area (TPSA) is 45.9 Å². The largest absolute Gasteiger partial charge is 0.372 e. The molecule has 0 atom stereocenters. The molecule has 2 aromatic rings. The maximum Gasteiger partial charge on any atom is 0.101 e. The summed E-state index contributed by atoms with van der Waals surface area (Å²) in [7, 11) is 0. The Hall–Kier alpha value is -1.89. The highest BCUT2D eigenvalue weighted by atomic mass is 35.5. The van der Waals surface area contributed by atoms with Crippen LogP contribution in [0.3, 0.4) is 0 Å². The van der Waals surface area contributed by atoms with E-state index in [-0.39, 0.29) is 0 Å². The molecule has 0 fully saturated rings. The second kappa shape index (κ2) is 4.65. The van der Waals surface area contributed by atoms with Crippen LogP contribution in [0.15, 0.2) is 24.4 Å². The molecule has 4 heteroatoms. The Morgan fingerprint density at radius 1 is 1.37 bits per heavy atom. The summed E-state index contributed by atoms with van der Waals surface area (Å²) >= 11 is 6.39. The number of nitriles is 1. The molecule has 0 aliphatic carbocycles. The Bertz CT molecular complexity index is 687. The van der Waals surface area contributed by atoms with E-state index in [2.05, 4.69) is 17.1 Å². The maximum atomic E-state index is 8.80. The van der Waals surface area contributed by atoms with Gasteiger partial charge in [0.2, 0.25) is 0 Å². The van der Waals surface area contributed by atoms with Crippen LogP contribution < -0.4 is 0 Å². The fraction of sp³-hybridized carbons (Fsp3) is 0.200. The second-order valence-electron chi connectivity index (χ2n) is 4.54. The number of benzene rings is 1. The number of nitrogens with zero attached hydrogens (tertiary/aromatic N) is 2. The van der Waals surface area contributed by atoms with Crippen molar-refractivity contribution in [1.82, 2.24) is 4.98 Å². The highest BCUT2D eigenvalue weighted by Crippen LogP contribution is 2.36. The van der Waals surface area contributed by atoms with Crippen LogP contribution in [0.4, 0.5) is 0 Å². The third kappa shape index (κ3) is 1.99. The first-order chi connectivity index (χ1) is 9.20. The first kappa shape index (κ1) is 12.2. The van der Waals surface area contributed by atoms with Gasteiger partial charge in [-0.05, 0) is 36.2 Å². The number of aromatic nitrogens is 1. The number of fused-ring (bicyclic) bond motifs is 1. The van der Waals surface area contributed by atoms with Crippen molar-refractivity contribution < 1.29 is 4.74 Å². The highest BCUT2D eigenvalue weighted by molar-refractivity contribution is 6.32. The Labute approximate surface area is 116 Å². The molecule has 1 aliphatic heterocycles. The van der Waals surface area contributed by atoms with E-state index < -0.39 is 0 Å². The van der Waals surface area contributed by atoms with Crippen LogP contribution in [-0.2, 0) is 18.0 Å². The van der Waals surface area contributed by atoms with Gasteiger partial charge in [-0.3, -0.25) is 4.98 Å². The maximum absolute atomic E-state index is 8.80. The zero-order valence-electron chi connectivity index (χ0n) is 10.4. The first-order valence-electron chi connectivity index (χ1n) is 5.96. The number of hydrogen-bond donors (Lipinski definition) is 0. The lowest BCUT2D eigenvalue weighted by Gasteiger charge is -2.11. The summed E-state index contributed by atoms with van der Waals surface area (Å²) in [6.45, 7) is 3.16. The average molecular weight is 271 g/mol. The molecule has 1 aliphatic rings. The molecular formula is C15H11ClN2O. The average Bonchev–Trinajstić information content (AvgIpc) is 2.91. The lowest BCUT2D eigenvalue weighted by atomic mass is 9.98. The number of ether oxygens (including phenoxy) is 1. The van der Waals surface area contributed by atoms with E-state index in [0.29, 0.717) is 18.8 Å². The number of pyridine rings is 1. The lowest BCUT2D eigenvalue weighted by Crippen LogP contribution is -1.94. The summed E-state index contributed by atoms with van der Waals surface area (Å²) < 4.78 is 5.43. The molecule has 0 unspecified atom stereocenters. The van der Waals surface area contributed by atoms with Gasteiger partial charge < -0.3 is 4.74 Å². The Kier molecular flexibility index (Phi) is 2.98. The molecule has 3 nitrogen and oxygen atoms in total. The molecule has 0 N–H and O–H groups in total. The second-order valence-corrected chi connectivity index (χ2v) is 4.92. The van der Waals surface area contributed by atoms with Gasteiger partial charge in [-0.2, -0.15) is 5.26 Å². The predicted octanol–water partition coefficient (Wildman–Crippen LogP) is 3.61. The fourth-order valence-corrected chi connectivity index (χ4v) is 2.57. The number of halogens is 1. The third-order valence-electron chi connectivity index (χ3n) is 3.38. The first-order valence-corrected chi connectivity index (χ1v) is 6.33. The number of hydrogen-bond acceptors (Lipinski definition) is 3. The molecule has 0 amide bonds. The molecule has 19 heavy (non-hydrogen) atoms. The summed E-state index contributed by atoms with van der Waals surface area (Å²) in [6.07, 6.45) is 1.58. The Morgan fingerprint density at radius 3 is 2.89 bits per heavy atom. The molecule has 94 valence electrons. The van der Waals surface area contributed by atoms with Crippen LogP contribution in [-0.4, -0.2) is 4.98 Å². The highest BCUT2D eigenvalue weighted by Gasteiger charge is 2.19. The van der Waals surface area contributed by atoms with E-state index in [1.54, 1.807) is 12.3 Å². The Morgan fingerprint density at radius 2 is 2.21 bits per heavy atom. The van der Waals surface area contributed by atoms with Crippen molar-refractivity contribution in [2.24, 2.45) is 0 Å². The summed E-state index contributed by atoms with van der Waals surface area (Å²) in [5.74, 6) is 0. The van der Waals surface area contributed by atoms with Gasteiger partial charge in [0.1, 0.15) is 6.07 Å². The fourth-order valence-electron chi connectivity index (χ4n) is 2.29. The molecule has 1 aromatic carbocycles. The van der Waals surface area contributed by atoms with Gasteiger partial charge in [0.15, 0.2) is 0 Å². The Balaban J connectivity index is 2.15. The van der Waals surface area contributed by atoms with Crippen LogP contribution in [0.5, 0.6) is 0 Å². The monoisotopic (exact) mass is 270 g/mol. The van der Waals surface area contributed by atoms with Gasteiger partial charge >= 0.3 is 0 Å². The van der Waals surface area contributed by atoms with Crippen LogP contribution in [0.25, 0.3) is 11.3 Å². The van der Waals surface area contributed by atoms with Gasteiger partial charge in [-0.25, -0.2) is 0 Å². The molecule has 0 saturated carbocycles. The number of rotatable bonds is 1. The summed E-state index contributed by atoms with van der Waals surface area (Å²) in [6, 6.07) is 7.76. The summed E-state index contributed by atoms with van der Waals surface area (Å²) in [5, 5.41) is 9.56. The molecule has 3 rings (SSSR count). The van der Waals surface area contributed by atoms with Crippen molar-refractivity contribution in [2.75, 3.05) is 0 Å². The molecule has 0 saturated heterocycles. The zero-order chi connectivity index (χ0) is 13.4. The van der Waals surface area contributed by atoms with Crippen molar-refractivity contribution in [2.45, 2.75) is 20.1 Å².